The van der Waals surface area contributed by atoms with Crippen molar-refractivity contribution in [3.05, 3.63) is 6.61 Å². The van der Waals surface area contributed by atoms with Crippen LogP contribution in [0.5, 0.6) is 0 Å². The van der Waals surface area contributed by atoms with E-state index in [1.807, 2.05) is 0 Å². The average molecular weight is 130 g/mol. The third-order valence-electron chi connectivity index (χ3n) is 1.05. The summed E-state index contributed by atoms with van der Waals surface area (Å²) in [5, 5.41) is 0. The maximum atomic E-state index is 10.5. The number of rotatable bonds is 3. The van der Waals surface area contributed by atoms with Crippen LogP contribution in [0.3, 0.4) is 0 Å². The number of amides is 1. The lowest BCUT2D eigenvalue weighted by Crippen LogP contribution is -2.32. The van der Waals surface area contributed by atoms with Crippen LogP contribution in [0.15, 0.2) is 0 Å². The van der Waals surface area contributed by atoms with Crippen LogP contribution in [0.2, 0.25) is 0 Å². The molecule has 1 amide bonds. The second-order valence-corrected chi connectivity index (χ2v) is 2.44. The third kappa shape index (κ3) is 2.46. The monoisotopic (exact) mass is 130 g/mol. The van der Waals surface area contributed by atoms with E-state index >= 15 is 0 Å². The molecular formula is C6H12NO2. The number of methoxy groups -OCH3 is 1. The molecule has 9 heavy (non-hydrogen) atoms. The van der Waals surface area contributed by atoms with Gasteiger partial charge in [-0.1, -0.05) is 0 Å². The van der Waals surface area contributed by atoms with Crippen LogP contribution in [-0.2, 0) is 9.53 Å². The lowest BCUT2D eigenvalue weighted by atomic mass is 9.94. The zero-order valence-electron chi connectivity index (χ0n) is 5.97. The second-order valence-electron chi connectivity index (χ2n) is 2.44. The van der Waals surface area contributed by atoms with Crippen LogP contribution >= 0.6 is 0 Å². The summed E-state index contributed by atoms with van der Waals surface area (Å²) in [4.78, 5) is 10.5. The van der Waals surface area contributed by atoms with E-state index < -0.39 is 5.41 Å². The largest absolute Gasteiger partial charge is 0.378 e. The number of nitrogens with two attached hydrogens (primary N) is 1. The molecule has 0 spiro atoms. The molecule has 0 bridgehead atoms. The van der Waals surface area contributed by atoms with E-state index in [9.17, 15) is 4.79 Å². The maximum Gasteiger partial charge on any atom is 0.225 e. The molecule has 0 aromatic heterocycles. The molecule has 0 aliphatic rings. The Bertz CT molecular complexity index is 110. The molecule has 0 saturated carbocycles. The molecule has 0 aliphatic carbocycles. The van der Waals surface area contributed by atoms with E-state index in [-0.39, 0.29) is 5.91 Å². The minimum Gasteiger partial charge on any atom is -0.378 e. The van der Waals surface area contributed by atoms with E-state index in [0.717, 1.165) is 0 Å². The Kier molecular flexibility index (Phi) is 2.65. The summed E-state index contributed by atoms with van der Waals surface area (Å²) >= 11 is 0. The molecule has 0 aromatic rings. The number of primary amides is 1. The van der Waals surface area contributed by atoms with Crippen molar-refractivity contribution in [2.75, 3.05) is 7.11 Å². The first-order valence-corrected chi connectivity index (χ1v) is 2.68. The van der Waals surface area contributed by atoms with E-state index in [0.29, 0.717) is 0 Å². The Balaban J connectivity index is 3.85. The number of hydrogen-bond acceptors (Lipinski definition) is 2. The van der Waals surface area contributed by atoms with E-state index in [1.165, 1.54) is 13.7 Å². The van der Waals surface area contributed by atoms with Gasteiger partial charge in [-0.25, -0.2) is 0 Å². The fourth-order valence-electron chi connectivity index (χ4n) is 0.353. The van der Waals surface area contributed by atoms with Crippen molar-refractivity contribution >= 4 is 5.91 Å². The zero-order chi connectivity index (χ0) is 7.49. The van der Waals surface area contributed by atoms with E-state index in [1.54, 1.807) is 13.8 Å². The Morgan fingerprint density at radius 1 is 1.67 bits per heavy atom. The van der Waals surface area contributed by atoms with Crippen molar-refractivity contribution in [1.82, 2.24) is 0 Å². The first-order valence-electron chi connectivity index (χ1n) is 2.68. The van der Waals surface area contributed by atoms with Crippen LogP contribution in [0.1, 0.15) is 13.8 Å². The summed E-state index contributed by atoms with van der Waals surface area (Å²) in [5.41, 5.74) is 4.35. The highest BCUT2D eigenvalue weighted by Crippen LogP contribution is 2.17. The maximum absolute atomic E-state index is 10.5. The van der Waals surface area contributed by atoms with Gasteiger partial charge in [0.25, 0.3) is 0 Å². The molecule has 3 nitrogen and oxygen atoms in total. The van der Waals surface area contributed by atoms with Crippen LogP contribution in [0.4, 0.5) is 0 Å². The van der Waals surface area contributed by atoms with Crippen LogP contribution in [0, 0.1) is 12.0 Å². The highest BCUT2D eigenvalue weighted by molar-refractivity contribution is 5.81. The van der Waals surface area contributed by atoms with Gasteiger partial charge in [-0.3, -0.25) is 4.79 Å². The second kappa shape index (κ2) is 2.82. The lowest BCUT2D eigenvalue weighted by Gasteiger charge is -2.17. The topological polar surface area (TPSA) is 52.3 Å². The summed E-state index contributed by atoms with van der Waals surface area (Å²) in [6.45, 7) is 4.80. The lowest BCUT2D eigenvalue weighted by molar-refractivity contribution is -0.126. The summed E-state index contributed by atoms with van der Waals surface area (Å²) in [6, 6.07) is 0. The molecule has 0 aromatic carbocycles. The fraction of sp³-hybridized carbons (Fsp3) is 0.667. The average Bonchev–Trinajstić information content (AvgIpc) is 1.65. The van der Waals surface area contributed by atoms with Crippen molar-refractivity contribution < 1.29 is 9.53 Å². The first-order chi connectivity index (χ1) is 4.00. The van der Waals surface area contributed by atoms with Gasteiger partial charge < -0.3 is 10.5 Å². The molecule has 0 atom stereocenters. The molecule has 1 radical (unpaired) electrons. The Morgan fingerprint density at radius 3 is 2.22 bits per heavy atom. The molecule has 0 aliphatic heterocycles. The van der Waals surface area contributed by atoms with Gasteiger partial charge in [-0.05, 0) is 13.8 Å². The zero-order valence-corrected chi connectivity index (χ0v) is 5.97. The molecule has 0 rings (SSSR count). The first kappa shape index (κ1) is 8.43. The molecule has 53 valence electrons. The summed E-state index contributed by atoms with van der Waals surface area (Å²) < 4.78 is 4.64. The Labute approximate surface area is 55.2 Å². The highest BCUT2D eigenvalue weighted by atomic mass is 16.5. The standard InChI is InChI=1S/C6H12NO2/c1-6(2,4-9-3)5(7)8/h4H,1-3H3,(H2,7,8). The van der Waals surface area contributed by atoms with Crippen LogP contribution in [-0.4, -0.2) is 13.0 Å². The molecule has 2 N–H and O–H groups in total. The van der Waals surface area contributed by atoms with Gasteiger partial charge in [0.05, 0.1) is 12.0 Å². The van der Waals surface area contributed by atoms with Crippen LogP contribution in [0.25, 0.3) is 0 Å². The molecule has 0 unspecified atom stereocenters. The van der Waals surface area contributed by atoms with Gasteiger partial charge in [0.15, 0.2) is 0 Å². The van der Waals surface area contributed by atoms with Crippen molar-refractivity contribution in [1.29, 1.82) is 0 Å². The third-order valence-corrected chi connectivity index (χ3v) is 1.05. The summed E-state index contributed by atoms with van der Waals surface area (Å²) in [5.74, 6) is -0.385. The molecule has 0 saturated heterocycles. The molecule has 0 fully saturated rings. The van der Waals surface area contributed by atoms with Crippen molar-refractivity contribution in [2.45, 2.75) is 13.8 Å². The van der Waals surface area contributed by atoms with E-state index in [2.05, 4.69) is 4.74 Å². The number of ether oxygens (including phenoxy) is 1. The van der Waals surface area contributed by atoms with Gasteiger partial charge in [0.2, 0.25) is 5.91 Å². The Hall–Kier alpha value is -0.570. The SMILES string of the molecule is CO[CH]C(C)(C)C(N)=O. The molecule has 0 heterocycles. The van der Waals surface area contributed by atoms with Crippen molar-refractivity contribution in [3.8, 4) is 0 Å². The minimum atomic E-state index is -0.658. The van der Waals surface area contributed by atoms with Gasteiger partial charge in [0, 0.05) is 7.11 Å². The quantitative estimate of drug-likeness (QED) is 0.597. The van der Waals surface area contributed by atoms with E-state index in [4.69, 9.17) is 5.73 Å². The van der Waals surface area contributed by atoms with Crippen molar-refractivity contribution in [2.24, 2.45) is 11.1 Å². The van der Waals surface area contributed by atoms with Crippen molar-refractivity contribution in [3.63, 3.8) is 0 Å². The molecule has 3 heteroatoms. The summed E-state index contributed by atoms with van der Waals surface area (Å²) in [6.07, 6.45) is 0. The fourth-order valence-corrected chi connectivity index (χ4v) is 0.353. The van der Waals surface area contributed by atoms with Gasteiger partial charge in [0.1, 0.15) is 0 Å². The minimum absolute atomic E-state index is 0.385. The van der Waals surface area contributed by atoms with Gasteiger partial charge >= 0.3 is 0 Å². The predicted molar refractivity (Wildman–Crippen MR) is 34.3 cm³/mol. The predicted octanol–water partition coefficient (Wildman–Crippen LogP) is 0.306. The number of hydrogen-bond donors (Lipinski definition) is 1. The van der Waals surface area contributed by atoms with Gasteiger partial charge in [-0.2, -0.15) is 0 Å². The normalized spacial score (nSPS) is 11.4. The molecular weight excluding hydrogens is 118 g/mol. The van der Waals surface area contributed by atoms with Gasteiger partial charge in [-0.15, -0.1) is 0 Å². The summed E-state index contributed by atoms with van der Waals surface area (Å²) in [7, 11) is 1.49. The highest BCUT2D eigenvalue weighted by Gasteiger charge is 2.24. The smallest absolute Gasteiger partial charge is 0.225 e. The Morgan fingerprint density at radius 2 is 2.11 bits per heavy atom. The van der Waals surface area contributed by atoms with Crippen LogP contribution < -0.4 is 5.73 Å². The number of carbonyl (C=O) groups is 1. The number of carbonyl (C=O) groups excluding carboxylic acids is 1.